The minimum atomic E-state index is -1.01. The van der Waals surface area contributed by atoms with Crippen molar-refractivity contribution in [3.63, 3.8) is 0 Å². The van der Waals surface area contributed by atoms with E-state index in [2.05, 4.69) is 15.3 Å². The highest BCUT2D eigenvalue weighted by molar-refractivity contribution is 6.05. The number of likely N-dealkylation sites (tertiary alicyclic amines) is 1. The fourth-order valence-electron chi connectivity index (χ4n) is 3.47. The normalized spacial score (nSPS) is 20.8. The molecular weight excluding hydrogens is 318 g/mol. The summed E-state index contributed by atoms with van der Waals surface area (Å²) >= 11 is 0. The second-order valence-corrected chi connectivity index (χ2v) is 6.54. The monoisotopic (exact) mass is 337 g/mol. The highest BCUT2D eigenvalue weighted by atomic mass is 16.3. The smallest absolute Gasteiger partial charge is 0.273 e. The Morgan fingerprint density at radius 3 is 2.96 bits per heavy atom. The van der Waals surface area contributed by atoms with Crippen molar-refractivity contribution >= 4 is 16.7 Å². The number of amides is 1. The van der Waals surface area contributed by atoms with Crippen LogP contribution < -0.4 is 0 Å². The lowest BCUT2D eigenvalue weighted by atomic mass is 9.92. The Morgan fingerprint density at radius 2 is 2.12 bits per heavy atom. The molecule has 7 heteroatoms. The van der Waals surface area contributed by atoms with Crippen molar-refractivity contribution in [2.45, 2.75) is 25.0 Å². The maximum atomic E-state index is 13.0. The molecule has 3 heterocycles. The van der Waals surface area contributed by atoms with Crippen molar-refractivity contribution < 1.29 is 9.90 Å². The molecule has 4 rings (SSSR count). The lowest BCUT2D eigenvalue weighted by Gasteiger charge is -2.39. The van der Waals surface area contributed by atoms with Crippen LogP contribution in [0.4, 0.5) is 0 Å². The van der Waals surface area contributed by atoms with Gasteiger partial charge in [0.15, 0.2) is 0 Å². The Bertz CT molecular complexity index is 890. The van der Waals surface area contributed by atoms with Crippen molar-refractivity contribution in [3.05, 3.63) is 54.6 Å². The van der Waals surface area contributed by atoms with Gasteiger partial charge in [0.2, 0.25) is 0 Å². The molecule has 7 nitrogen and oxygen atoms in total. The van der Waals surface area contributed by atoms with Crippen LogP contribution in [0.3, 0.4) is 0 Å². The quantitative estimate of drug-likeness (QED) is 0.783. The lowest BCUT2D eigenvalue weighted by Crippen LogP contribution is -2.52. The van der Waals surface area contributed by atoms with Crippen LogP contribution in [-0.4, -0.2) is 54.6 Å². The van der Waals surface area contributed by atoms with E-state index in [9.17, 15) is 9.90 Å². The minimum absolute atomic E-state index is 0.145. The summed E-state index contributed by atoms with van der Waals surface area (Å²) in [7, 11) is 0. The van der Waals surface area contributed by atoms with Gasteiger partial charge in [-0.2, -0.15) is 0 Å². The first-order valence-electron chi connectivity index (χ1n) is 8.34. The standard InChI is InChI=1S/C18H19N5O2/c24-17(16-15-5-2-1-4-14(15)6-8-19-16)22-10-3-7-18(25,12-22)13-23-11-9-20-21-23/h1-2,4-6,8-9,11,25H,3,7,10,12-13H2. The third kappa shape index (κ3) is 3.10. The van der Waals surface area contributed by atoms with Gasteiger partial charge in [0, 0.05) is 24.3 Å². The maximum Gasteiger partial charge on any atom is 0.273 e. The van der Waals surface area contributed by atoms with Crippen molar-refractivity contribution in [2.24, 2.45) is 0 Å². The number of β-amino-alcohol motifs (C(OH)–C–C–N with tert-alkyl or cyclic N) is 1. The number of piperidine rings is 1. The van der Waals surface area contributed by atoms with Crippen LogP contribution in [0.15, 0.2) is 48.9 Å². The second-order valence-electron chi connectivity index (χ2n) is 6.54. The van der Waals surface area contributed by atoms with Crippen molar-refractivity contribution in [3.8, 4) is 0 Å². The van der Waals surface area contributed by atoms with Crippen LogP contribution in [0.25, 0.3) is 10.8 Å². The fourth-order valence-corrected chi connectivity index (χ4v) is 3.47. The van der Waals surface area contributed by atoms with Crippen LogP contribution in [0.5, 0.6) is 0 Å². The summed E-state index contributed by atoms with van der Waals surface area (Å²) in [6.07, 6.45) is 6.31. The first kappa shape index (κ1) is 15.7. The summed E-state index contributed by atoms with van der Waals surface area (Å²) in [6, 6.07) is 9.60. The first-order valence-corrected chi connectivity index (χ1v) is 8.34. The van der Waals surface area contributed by atoms with Crippen LogP contribution in [-0.2, 0) is 6.54 Å². The van der Waals surface area contributed by atoms with E-state index in [1.807, 2.05) is 30.3 Å². The number of rotatable bonds is 3. The van der Waals surface area contributed by atoms with Crippen LogP contribution >= 0.6 is 0 Å². The van der Waals surface area contributed by atoms with Crippen LogP contribution in [0.2, 0.25) is 0 Å². The van der Waals surface area contributed by atoms with Gasteiger partial charge in [0.1, 0.15) is 11.3 Å². The van der Waals surface area contributed by atoms with E-state index in [-0.39, 0.29) is 12.5 Å². The Kier molecular flexibility index (Phi) is 3.93. The molecule has 2 aromatic heterocycles. The molecule has 1 N–H and O–H groups in total. The van der Waals surface area contributed by atoms with Gasteiger partial charge in [0.05, 0.1) is 19.3 Å². The number of benzene rings is 1. The van der Waals surface area contributed by atoms with E-state index >= 15 is 0 Å². The topological polar surface area (TPSA) is 84.1 Å². The van der Waals surface area contributed by atoms with Crippen molar-refractivity contribution in [1.29, 1.82) is 0 Å². The van der Waals surface area contributed by atoms with Gasteiger partial charge in [-0.25, -0.2) is 4.68 Å². The zero-order valence-electron chi connectivity index (χ0n) is 13.7. The molecule has 1 aromatic carbocycles. The minimum Gasteiger partial charge on any atom is -0.386 e. The summed E-state index contributed by atoms with van der Waals surface area (Å²) in [5.74, 6) is -0.145. The van der Waals surface area contributed by atoms with E-state index < -0.39 is 5.60 Å². The fraction of sp³-hybridized carbons (Fsp3) is 0.333. The molecule has 1 aliphatic rings. The Morgan fingerprint density at radius 1 is 1.24 bits per heavy atom. The third-order valence-corrected chi connectivity index (χ3v) is 4.65. The molecule has 25 heavy (non-hydrogen) atoms. The van der Waals surface area contributed by atoms with Crippen molar-refractivity contribution in [2.75, 3.05) is 13.1 Å². The number of fused-ring (bicyclic) bond motifs is 1. The molecule has 0 saturated carbocycles. The molecule has 1 atom stereocenters. The van der Waals surface area contributed by atoms with Gasteiger partial charge in [-0.1, -0.05) is 29.5 Å². The molecule has 0 spiro atoms. The third-order valence-electron chi connectivity index (χ3n) is 4.65. The van der Waals surface area contributed by atoms with E-state index in [1.165, 1.54) is 0 Å². The number of aromatic nitrogens is 4. The molecule has 3 aromatic rings. The molecule has 1 amide bonds. The summed E-state index contributed by atoms with van der Waals surface area (Å²) in [5.41, 5.74) is -0.574. The van der Waals surface area contributed by atoms with Gasteiger partial charge < -0.3 is 10.0 Å². The largest absolute Gasteiger partial charge is 0.386 e. The van der Waals surface area contributed by atoms with Gasteiger partial charge in [-0.05, 0) is 24.3 Å². The Hall–Kier alpha value is -2.80. The molecule has 0 bridgehead atoms. The lowest BCUT2D eigenvalue weighted by molar-refractivity contribution is -0.0388. The molecular formula is C18H19N5O2. The van der Waals surface area contributed by atoms with Gasteiger partial charge >= 0.3 is 0 Å². The molecule has 0 radical (unpaired) electrons. The number of hydrogen-bond donors (Lipinski definition) is 1. The Balaban J connectivity index is 1.59. The SMILES string of the molecule is O=C(c1nccc2ccccc12)N1CCCC(O)(Cn2ccnn2)C1. The highest BCUT2D eigenvalue weighted by Gasteiger charge is 2.36. The number of carbonyl (C=O) groups is 1. The van der Waals surface area contributed by atoms with Gasteiger partial charge in [0.25, 0.3) is 5.91 Å². The number of pyridine rings is 1. The summed E-state index contributed by atoms with van der Waals surface area (Å²) < 4.78 is 1.60. The molecule has 0 aliphatic carbocycles. The maximum absolute atomic E-state index is 13.0. The molecule has 1 unspecified atom stereocenters. The zero-order chi connectivity index (χ0) is 17.3. The summed E-state index contributed by atoms with van der Waals surface area (Å²) in [4.78, 5) is 19.0. The zero-order valence-corrected chi connectivity index (χ0v) is 13.7. The van der Waals surface area contributed by atoms with Gasteiger partial charge in [-0.3, -0.25) is 9.78 Å². The molecule has 128 valence electrons. The van der Waals surface area contributed by atoms with Crippen molar-refractivity contribution in [1.82, 2.24) is 24.9 Å². The molecule has 1 fully saturated rings. The van der Waals surface area contributed by atoms with E-state index in [0.29, 0.717) is 25.2 Å². The van der Waals surface area contributed by atoms with E-state index in [1.54, 1.807) is 28.2 Å². The van der Waals surface area contributed by atoms with E-state index in [4.69, 9.17) is 0 Å². The highest BCUT2D eigenvalue weighted by Crippen LogP contribution is 2.25. The Labute approximate surface area is 144 Å². The van der Waals surface area contributed by atoms with Gasteiger partial charge in [-0.15, -0.1) is 5.10 Å². The summed E-state index contributed by atoms with van der Waals surface area (Å²) in [5, 5.41) is 20.4. The number of hydrogen-bond acceptors (Lipinski definition) is 5. The predicted octanol–water partition coefficient (Wildman–Crippen LogP) is 1.49. The number of aliphatic hydroxyl groups is 1. The number of carbonyl (C=O) groups excluding carboxylic acids is 1. The second kappa shape index (κ2) is 6.25. The van der Waals surface area contributed by atoms with E-state index in [0.717, 1.165) is 17.2 Å². The summed E-state index contributed by atoms with van der Waals surface area (Å²) in [6.45, 7) is 1.19. The number of nitrogens with zero attached hydrogens (tertiary/aromatic N) is 5. The molecule has 1 saturated heterocycles. The average molecular weight is 337 g/mol. The van der Waals surface area contributed by atoms with Crippen LogP contribution in [0.1, 0.15) is 23.3 Å². The predicted molar refractivity (Wildman–Crippen MR) is 91.9 cm³/mol. The molecule has 1 aliphatic heterocycles. The van der Waals surface area contributed by atoms with Crippen LogP contribution in [0, 0.1) is 0 Å². The first-order chi connectivity index (χ1) is 12.1. The average Bonchev–Trinajstić information content (AvgIpc) is 3.13.